The number of nitrogens with zero attached hydrogens (tertiary/aromatic N) is 4. The van der Waals surface area contributed by atoms with E-state index in [2.05, 4.69) is 518 Å². The summed E-state index contributed by atoms with van der Waals surface area (Å²) in [6.07, 6.45) is 39.1. The van der Waals surface area contributed by atoms with Crippen LogP contribution in [0.5, 0.6) is 0 Å². The van der Waals surface area contributed by atoms with Crippen LogP contribution in [0.25, 0.3) is 55.0 Å². The van der Waals surface area contributed by atoms with Crippen LogP contribution in [0.2, 0.25) is 23.3 Å². The molecule has 28 rings (SSSR count). The Morgan fingerprint density at radius 3 is 0.607 bits per heavy atom. The van der Waals surface area contributed by atoms with Crippen molar-refractivity contribution in [2.45, 2.75) is 171 Å². The van der Waals surface area contributed by atoms with Crippen LogP contribution in [0.1, 0.15) is 181 Å². The molecule has 8 heterocycles. The van der Waals surface area contributed by atoms with Gasteiger partial charge < -0.3 is 18.9 Å². The fourth-order valence-corrected chi connectivity index (χ4v) is 27.9. The lowest BCUT2D eigenvalue weighted by Crippen LogP contribution is -2.67. The summed E-state index contributed by atoms with van der Waals surface area (Å²) < 4.78 is 4.86. The van der Waals surface area contributed by atoms with Crippen LogP contribution in [-0.4, -0.2) is 36.0 Å². The first kappa shape index (κ1) is 103. The molecule has 0 saturated heterocycles. The van der Waals surface area contributed by atoms with E-state index >= 15 is 0 Å². The van der Waals surface area contributed by atoms with Gasteiger partial charge in [0.25, 0.3) is 0 Å². The van der Waals surface area contributed by atoms with Gasteiger partial charge in [0.2, 0.25) is 26.9 Å². The van der Waals surface area contributed by atoms with Crippen LogP contribution in [0.4, 0.5) is 34.1 Å². The molecule has 6 aliphatic heterocycles. The molecular weight excluding hydrogens is 1800 g/mol. The molecule has 8 heteroatoms. The minimum atomic E-state index is -0.284. The molecule has 0 fully saturated rings. The fraction of sp³-hybridized carbons (Fsp3) is 0.211. The molecule has 2 spiro atoms. The maximum Gasteiger partial charge on any atom is 0.217 e. The van der Waals surface area contributed by atoms with E-state index in [1.807, 2.05) is 111 Å². The molecule has 2 aromatic heterocycles. The van der Waals surface area contributed by atoms with E-state index in [0.717, 1.165) is 0 Å². The molecule has 4 nitrogen and oxygen atoms in total. The number of fused-ring (bicyclic) bond motifs is 26. The molecule has 8 atom stereocenters. The number of hydrogen-bond donors (Lipinski definition) is 0. The second kappa shape index (κ2) is 45.9. The Kier molecular flexibility index (Phi) is 31.7. The molecule has 16 aromatic carbocycles. The van der Waals surface area contributed by atoms with Crippen molar-refractivity contribution in [3.63, 3.8) is 0 Å². The molecule has 8 unspecified atom stereocenters. The monoisotopic (exact) mass is 1950 g/mol. The highest BCUT2D eigenvalue weighted by atomic mass is 15.2. The van der Waals surface area contributed by atoms with E-state index in [1.165, 1.54) is 177 Å². The summed E-state index contributed by atoms with van der Waals surface area (Å²) >= 11 is 0. The molecular formula is C142H144B4N4. The Bertz CT molecular complexity index is 7380. The van der Waals surface area contributed by atoms with Crippen molar-refractivity contribution in [3.8, 4) is 11.4 Å². The summed E-state index contributed by atoms with van der Waals surface area (Å²) in [6.45, 7) is 37.5. The van der Waals surface area contributed by atoms with Crippen LogP contribution < -0.4 is 53.5 Å². The Balaban J connectivity index is 0.000000167. The average molecular weight is 1950 g/mol. The molecule has 0 bridgehead atoms. The number of anilines is 6. The van der Waals surface area contributed by atoms with Gasteiger partial charge in [0.1, 0.15) is 0 Å². The van der Waals surface area contributed by atoms with Crippen molar-refractivity contribution >= 4 is 148 Å². The highest BCUT2D eigenvalue weighted by Gasteiger charge is 2.64. The topological polar surface area (TPSA) is 16.3 Å². The smallest absolute Gasteiger partial charge is 0.217 e. The molecule has 18 aromatic rings. The van der Waals surface area contributed by atoms with Crippen molar-refractivity contribution < 1.29 is 0 Å². The first-order valence-electron chi connectivity index (χ1n) is 56.5. The van der Waals surface area contributed by atoms with Gasteiger partial charge in [-0.1, -0.05) is 557 Å². The second-order valence-corrected chi connectivity index (χ2v) is 38.9. The highest BCUT2D eigenvalue weighted by Crippen LogP contribution is 2.64. The molecule has 150 heavy (non-hydrogen) atoms. The molecule has 744 valence electrons. The zero-order chi connectivity index (χ0) is 104. The van der Waals surface area contributed by atoms with Gasteiger partial charge in [0.05, 0.1) is 22.1 Å². The molecule has 0 N–H and O–H groups in total. The summed E-state index contributed by atoms with van der Waals surface area (Å²) in [5.74, 6) is 2.68. The molecule has 10 aliphatic rings. The third kappa shape index (κ3) is 17.0. The Morgan fingerprint density at radius 1 is 0.187 bits per heavy atom. The Hall–Kier alpha value is -15.1. The molecule has 0 amide bonds. The van der Waals surface area contributed by atoms with E-state index < -0.39 is 0 Å². The third-order valence-electron chi connectivity index (χ3n) is 33.1. The summed E-state index contributed by atoms with van der Waals surface area (Å²) in [6, 6.07) is 147. The standard InChI is InChI=1S/C65H52B2N2.C61H44B2N2.8C2H6/c1-43-49-19-3-15-31-61(49)68(62-32-16-4-20-50(43)62)47-39-35-45(36-40-47)66-57-27-11-7-23-53(57)65(54-24-8-12-28-58(54)66)55-25-9-13-29-59(55)67(60-30-14-10-26-56(60)65)46-37-41-48(42-38-46)69-63-33-17-5-21-51(63)44(2)52-22-6-18-34-64(52)69;1-13-29-57-45(17-1)46-18-2-14-30-58(46)64(57)43-37-33-41(34-38-43)62-53-25-9-5-21-49(53)61(50-22-6-10-26-54(50)62)51-23-7-11-27-55(51)63(56-28-12-8-24-52(56)61)42-35-39-44(40-36-42)65-59-31-15-3-19-47(59)48-20-4-16-32-60(48)65;8*1-2/h3-44,53,55,57,59H,1-2H3;1-40,49,51,53,55H;8*1-2H3. The number of aromatic nitrogens is 2. The van der Waals surface area contributed by atoms with Crippen LogP contribution in [0.3, 0.4) is 0 Å². The first-order chi connectivity index (χ1) is 74.4. The number of para-hydroxylation sites is 8. The minimum Gasteiger partial charge on any atom is -0.310 e. The van der Waals surface area contributed by atoms with Gasteiger partial charge in [-0.05, 0) is 189 Å². The van der Waals surface area contributed by atoms with Crippen molar-refractivity contribution in [1.82, 2.24) is 9.13 Å². The van der Waals surface area contributed by atoms with Crippen LogP contribution in [0.15, 0.2) is 485 Å². The lowest BCUT2D eigenvalue weighted by molar-refractivity contribution is 0.281. The molecule has 4 aliphatic carbocycles. The zero-order valence-electron chi connectivity index (χ0n) is 91.1. The number of benzene rings is 16. The largest absolute Gasteiger partial charge is 0.310 e. The Labute approximate surface area is 896 Å². The van der Waals surface area contributed by atoms with Crippen LogP contribution in [0, 0.1) is 23.7 Å². The summed E-state index contributed by atoms with van der Waals surface area (Å²) in [7, 11) is 0. The molecule has 0 saturated carbocycles. The fourth-order valence-electron chi connectivity index (χ4n) is 27.9. The summed E-state index contributed by atoms with van der Waals surface area (Å²) in [5.41, 5.74) is 36.9. The van der Waals surface area contributed by atoms with Crippen LogP contribution in [-0.2, 0) is 10.8 Å². The average Bonchev–Trinajstić information content (AvgIpc) is 0.866. The van der Waals surface area contributed by atoms with Gasteiger partial charge in [-0.15, -0.1) is 0 Å². The maximum absolute atomic E-state index is 2.58. The van der Waals surface area contributed by atoms with Gasteiger partial charge in [-0.25, -0.2) is 0 Å². The SMILES string of the molecule is C1=CC2B(c3ccc(-n4c5ccccc5c5ccccc54)cc3)c3ccccc3C3(c4ccccc4B(c4ccc(-n5c6ccccc6c6ccccc65)cc4)C4C=CC=CC43)C2C=C1.CC.CC.CC.CC.CC.CC.CC.CC.CC1c2ccccc2N(c2ccc(B3c4ccccc4C4(c5ccccc5B(c5ccc(N6c7ccccc7C(C)c7ccccc76)cc5)C5C=CC=CC54)C4C=CC=CC34)cc2)c2ccccc21. The predicted octanol–water partition coefficient (Wildman–Crippen LogP) is 33.2. The number of allylic oxidation sites excluding steroid dienone is 16. The summed E-state index contributed by atoms with van der Waals surface area (Å²) in [4.78, 5) is 4.95. The maximum atomic E-state index is 2.58. The van der Waals surface area contributed by atoms with Crippen molar-refractivity contribution in [2.75, 3.05) is 9.80 Å². The highest BCUT2D eigenvalue weighted by molar-refractivity contribution is 6.90. The van der Waals surface area contributed by atoms with E-state index in [0.29, 0.717) is 11.8 Å². The predicted molar refractivity (Wildman–Crippen MR) is 659 cm³/mol. The van der Waals surface area contributed by atoms with Crippen molar-refractivity contribution in [3.05, 3.63) is 530 Å². The lowest BCUT2D eigenvalue weighted by Gasteiger charge is -2.59. The summed E-state index contributed by atoms with van der Waals surface area (Å²) in [5, 5.41) is 5.16. The van der Waals surface area contributed by atoms with Crippen LogP contribution >= 0.6 is 0 Å². The Morgan fingerprint density at radius 2 is 0.373 bits per heavy atom. The first-order valence-corrected chi connectivity index (χ1v) is 56.5. The van der Waals surface area contributed by atoms with Crippen molar-refractivity contribution in [1.29, 1.82) is 0 Å². The third-order valence-corrected chi connectivity index (χ3v) is 33.1. The van der Waals surface area contributed by atoms with Gasteiger partial charge in [-0.2, -0.15) is 0 Å². The molecule has 0 radical (unpaired) electrons. The second-order valence-electron chi connectivity index (χ2n) is 38.9. The minimum absolute atomic E-state index is 0.194. The van der Waals surface area contributed by atoms with Gasteiger partial charge in [0.15, 0.2) is 0 Å². The van der Waals surface area contributed by atoms with Gasteiger partial charge in [0, 0.05) is 89.7 Å². The normalized spacial score (nSPS) is 20.0. The van der Waals surface area contributed by atoms with Gasteiger partial charge >= 0.3 is 0 Å². The van der Waals surface area contributed by atoms with E-state index in [9.17, 15) is 0 Å². The lowest BCUT2D eigenvalue weighted by atomic mass is 9.19. The van der Waals surface area contributed by atoms with E-state index in [-0.39, 0.29) is 84.6 Å². The number of hydrogen-bond acceptors (Lipinski definition) is 2. The van der Waals surface area contributed by atoms with E-state index in [1.54, 1.807) is 0 Å². The zero-order valence-corrected chi connectivity index (χ0v) is 91.1. The quantitative estimate of drug-likeness (QED) is 0.141. The van der Waals surface area contributed by atoms with Crippen molar-refractivity contribution in [2.24, 2.45) is 23.7 Å². The van der Waals surface area contributed by atoms with E-state index in [4.69, 9.17) is 0 Å². The number of rotatable bonds is 8. The van der Waals surface area contributed by atoms with Gasteiger partial charge in [-0.3, -0.25) is 0 Å².